The highest BCUT2D eigenvalue weighted by Crippen LogP contribution is 2.29. The number of nitrogens with one attached hydrogen (secondary N) is 3. The zero-order chi connectivity index (χ0) is 23.7. The molecule has 0 unspecified atom stereocenters. The number of alkyl halides is 2. The van der Waals surface area contributed by atoms with E-state index >= 15 is 0 Å². The molecule has 0 aromatic heterocycles. The molecule has 0 atom stereocenters. The first-order valence-electron chi connectivity index (χ1n) is 10.0. The molecule has 1 amide bonds. The van der Waals surface area contributed by atoms with E-state index in [1.165, 1.54) is 6.07 Å². The summed E-state index contributed by atoms with van der Waals surface area (Å²) in [6, 6.07) is 4.74. The van der Waals surface area contributed by atoms with Crippen LogP contribution in [0.25, 0.3) is 0 Å². The number of carbonyl (C=O) groups is 1. The monoisotopic (exact) mass is 572 g/mol. The SMILES string of the molecule is CCOc1cc(CNC(=NC)NCC(C)(C)NC(=O)OC(C)(C)C)ccc1OC(F)F.I. The minimum absolute atomic E-state index is 0. The number of amides is 1. The zero-order valence-electron chi connectivity index (χ0n) is 19.7. The van der Waals surface area contributed by atoms with E-state index in [0.717, 1.165) is 5.56 Å². The van der Waals surface area contributed by atoms with Crippen molar-refractivity contribution in [3.63, 3.8) is 0 Å². The van der Waals surface area contributed by atoms with Crippen LogP contribution >= 0.6 is 24.0 Å². The number of halogens is 3. The molecule has 184 valence electrons. The molecule has 1 aromatic rings. The van der Waals surface area contributed by atoms with Crippen LogP contribution in [0.3, 0.4) is 0 Å². The molecule has 32 heavy (non-hydrogen) atoms. The largest absolute Gasteiger partial charge is 0.490 e. The van der Waals surface area contributed by atoms with Crippen molar-refractivity contribution in [2.45, 2.75) is 65.8 Å². The van der Waals surface area contributed by atoms with Gasteiger partial charge in [-0.25, -0.2) is 4.79 Å². The Bertz CT molecular complexity index is 756. The Hall–Kier alpha value is -2.05. The number of alkyl carbamates (subject to hydrolysis) is 1. The minimum Gasteiger partial charge on any atom is -0.490 e. The van der Waals surface area contributed by atoms with Crippen molar-refractivity contribution in [1.82, 2.24) is 16.0 Å². The fourth-order valence-electron chi connectivity index (χ4n) is 2.46. The van der Waals surface area contributed by atoms with Gasteiger partial charge in [-0.05, 0) is 59.2 Å². The maximum atomic E-state index is 12.5. The molecule has 0 fully saturated rings. The van der Waals surface area contributed by atoms with E-state index in [-0.39, 0.29) is 35.5 Å². The van der Waals surface area contributed by atoms with Gasteiger partial charge in [0.1, 0.15) is 5.60 Å². The van der Waals surface area contributed by atoms with E-state index in [0.29, 0.717) is 25.7 Å². The van der Waals surface area contributed by atoms with Crippen LogP contribution in [0.5, 0.6) is 11.5 Å². The van der Waals surface area contributed by atoms with Crippen molar-refractivity contribution in [1.29, 1.82) is 0 Å². The summed E-state index contributed by atoms with van der Waals surface area (Å²) in [5.41, 5.74) is -0.392. The Morgan fingerprint density at radius 2 is 1.78 bits per heavy atom. The molecule has 0 bridgehead atoms. The standard InChI is InChI=1S/C21H34F2N4O4.HI/c1-8-29-16-11-14(9-10-15(16)30-17(22)23)12-25-18(24-7)26-13-21(5,6)27-19(28)31-20(2,3)4;/h9-11,17H,8,12-13H2,1-7H3,(H,27,28)(H2,24,25,26);1H. The van der Waals surface area contributed by atoms with Gasteiger partial charge in [-0.2, -0.15) is 8.78 Å². The maximum absolute atomic E-state index is 12.5. The number of ether oxygens (including phenoxy) is 3. The summed E-state index contributed by atoms with van der Waals surface area (Å²) in [5, 5.41) is 9.08. The van der Waals surface area contributed by atoms with Crippen molar-refractivity contribution in [3.8, 4) is 11.5 Å². The van der Waals surface area contributed by atoms with Crippen LogP contribution in [0.4, 0.5) is 13.6 Å². The molecular weight excluding hydrogens is 537 g/mol. The fraction of sp³-hybridized carbons (Fsp3) is 0.619. The molecule has 0 aliphatic heterocycles. The summed E-state index contributed by atoms with van der Waals surface area (Å²) < 4.78 is 40.2. The van der Waals surface area contributed by atoms with Gasteiger partial charge in [-0.15, -0.1) is 24.0 Å². The van der Waals surface area contributed by atoms with Gasteiger partial charge in [0.25, 0.3) is 0 Å². The maximum Gasteiger partial charge on any atom is 0.408 e. The molecule has 0 saturated carbocycles. The molecule has 0 saturated heterocycles. The number of carbonyl (C=O) groups excluding carboxylic acids is 1. The number of hydrogen-bond acceptors (Lipinski definition) is 5. The van der Waals surface area contributed by atoms with Crippen molar-refractivity contribution < 1.29 is 27.8 Å². The summed E-state index contributed by atoms with van der Waals surface area (Å²) in [6.07, 6.45) is -0.503. The average molecular weight is 572 g/mol. The van der Waals surface area contributed by atoms with Gasteiger partial charge >= 0.3 is 12.7 Å². The van der Waals surface area contributed by atoms with Crippen LogP contribution < -0.4 is 25.4 Å². The van der Waals surface area contributed by atoms with Crippen LogP contribution in [0.15, 0.2) is 23.2 Å². The summed E-state index contributed by atoms with van der Waals surface area (Å²) in [6.45, 7) is 9.01. The number of rotatable bonds is 9. The smallest absolute Gasteiger partial charge is 0.408 e. The van der Waals surface area contributed by atoms with Crippen molar-refractivity contribution in [3.05, 3.63) is 23.8 Å². The normalized spacial score (nSPS) is 12.0. The summed E-state index contributed by atoms with van der Waals surface area (Å²) in [7, 11) is 1.62. The second-order valence-electron chi connectivity index (χ2n) is 8.38. The van der Waals surface area contributed by atoms with Crippen LogP contribution in [0, 0.1) is 0 Å². The minimum atomic E-state index is -2.93. The predicted molar refractivity (Wildman–Crippen MR) is 131 cm³/mol. The highest BCUT2D eigenvalue weighted by atomic mass is 127. The Labute approximate surface area is 205 Å². The zero-order valence-corrected chi connectivity index (χ0v) is 22.0. The molecule has 0 spiro atoms. The molecule has 0 aliphatic rings. The lowest BCUT2D eigenvalue weighted by Crippen LogP contribution is -2.54. The van der Waals surface area contributed by atoms with Gasteiger partial charge in [-0.3, -0.25) is 4.99 Å². The average Bonchev–Trinajstić information content (AvgIpc) is 2.61. The molecule has 11 heteroatoms. The molecule has 1 rings (SSSR count). The number of nitrogens with zero attached hydrogens (tertiary/aromatic N) is 1. The van der Waals surface area contributed by atoms with E-state index in [1.807, 2.05) is 13.8 Å². The Balaban J connectivity index is 0.00000961. The lowest BCUT2D eigenvalue weighted by atomic mass is 10.1. The van der Waals surface area contributed by atoms with E-state index in [4.69, 9.17) is 9.47 Å². The van der Waals surface area contributed by atoms with Crippen LogP contribution in [-0.2, 0) is 11.3 Å². The highest BCUT2D eigenvalue weighted by molar-refractivity contribution is 14.0. The summed E-state index contributed by atoms with van der Waals surface area (Å²) >= 11 is 0. The molecule has 0 radical (unpaired) electrons. The first kappa shape index (κ1) is 29.9. The Kier molecular flexibility index (Phi) is 12.6. The molecule has 0 heterocycles. The number of hydrogen-bond donors (Lipinski definition) is 3. The number of benzene rings is 1. The molecule has 0 aliphatic carbocycles. The van der Waals surface area contributed by atoms with Crippen molar-refractivity contribution >= 4 is 36.0 Å². The topological polar surface area (TPSA) is 93.2 Å². The van der Waals surface area contributed by atoms with Gasteiger partial charge in [-0.1, -0.05) is 6.07 Å². The number of guanidine groups is 1. The highest BCUT2D eigenvalue weighted by Gasteiger charge is 2.24. The van der Waals surface area contributed by atoms with Crippen molar-refractivity contribution in [2.24, 2.45) is 4.99 Å². The van der Waals surface area contributed by atoms with Crippen LogP contribution in [0.2, 0.25) is 0 Å². The third-order valence-electron chi connectivity index (χ3n) is 3.74. The quantitative estimate of drug-likeness (QED) is 0.233. The first-order chi connectivity index (χ1) is 14.3. The Morgan fingerprint density at radius 3 is 2.31 bits per heavy atom. The Morgan fingerprint density at radius 1 is 1.12 bits per heavy atom. The second-order valence-corrected chi connectivity index (χ2v) is 8.38. The van der Waals surface area contributed by atoms with Gasteiger partial charge in [0.05, 0.1) is 12.1 Å². The first-order valence-corrected chi connectivity index (χ1v) is 10.0. The molecule has 1 aromatic carbocycles. The van der Waals surface area contributed by atoms with E-state index in [2.05, 4.69) is 25.7 Å². The van der Waals surface area contributed by atoms with Gasteiger partial charge < -0.3 is 30.2 Å². The lowest BCUT2D eigenvalue weighted by molar-refractivity contribution is -0.0514. The summed E-state index contributed by atoms with van der Waals surface area (Å²) in [5.74, 6) is 0.732. The number of aliphatic imine (C=N–C) groups is 1. The van der Waals surface area contributed by atoms with Gasteiger partial charge in [0, 0.05) is 20.1 Å². The lowest BCUT2D eigenvalue weighted by Gasteiger charge is -2.29. The molecule has 8 nitrogen and oxygen atoms in total. The van der Waals surface area contributed by atoms with Gasteiger partial charge in [0.15, 0.2) is 17.5 Å². The van der Waals surface area contributed by atoms with Gasteiger partial charge in [0.2, 0.25) is 0 Å². The third kappa shape index (κ3) is 12.1. The van der Waals surface area contributed by atoms with E-state index < -0.39 is 23.8 Å². The van der Waals surface area contributed by atoms with Crippen LogP contribution in [0.1, 0.15) is 47.1 Å². The third-order valence-corrected chi connectivity index (χ3v) is 3.74. The van der Waals surface area contributed by atoms with E-state index in [9.17, 15) is 13.6 Å². The fourth-order valence-corrected chi connectivity index (χ4v) is 2.46. The predicted octanol–water partition coefficient (Wildman–Crippen LogP) is 4.27. The second kappa shape index (κ2) is 13.5. The summed E-state index contributed by atoms with van der Waals surface area (Å²) in [4.78, 5) is 16.2. The molecular formula is C21H35F2IN4O4. The van der Waals surface area contributed by atoms with E-state index in [1.54, 1.807) is 46.9 Å². The molecule has 3 N–H and O–H groups in total. The van der Waals surface area contributed by atoms with Crippen molar-refractivity contribution in [2.75, 3.05) is 20.2 Å². The van der Waals surface area contributed by atoms with Crippen LogP contribution in [-0.4, -0.2) is 50.0 Å².